The maximum atomic E-state index is 12.4. The topological polar surface area (TPSA) is 74.3 Å². The van der Waals surface area contributed by atoms with Crippen LogP contribution in [0.3, 0.4) is 0 Å². The van der Waals surface area contributed by atoms with Crippen molar-refractivity contribution in [1.29, 1.82) is 0 Å². The molecule has 7 heteroatoms. The lowest BCUT2D eigenvalue weighted by Gasteiger charge is -2.32. The summed E-state index contributed by atoms with van der Waals surface area (Å²) in [6.45, 7) is 3.90. The Kier molecular flexibility index (Phi) is 8.09. The van der Waals surface area contributed by atoms with Crippen LogP contribution < -0.4 is 10.1 Å². The van der Waals surface area contributed by atoms with Crippen LogP contribution in [0.5, 0.6) is 11.5 Å². The van der Waals surface area contributed by atoms with E-state index in [2.05, 4.69) is 15.1 Å². The standard InChI is InChI=1S/C27H33N3O4/c1-33-25-8-6-21(7-9-25)18-27(32)28-23-10-14-29(15-11-23)12-3-13-30-16-17-34-26(20-30)22-4-2-5-24(31)19-22/h2,4-9,16-17,19-20,23,31H,3,10-15,18H2,1H3,(H,28,32). The molecule has 0 spiro atoms. The fourth-order valence-electron chi connectivity index (χ4n) is 4.33. The molecule has 1 fully saturated rings. The summed E-state index contributed by atoms with van der Waals surface area (Å²) in [6.07, 6.45) is 8.97. The van der Waals surface area contributed by atoms with Crippen LogP contribution in [0.1, 0.15) is 30.4 Å². The van der Waals surface area contributed by atoms with Crippen molar-refractivity contribution in [3.05, 3.63) is 78.3 Å². The number of carbonyl (C=O) groups excluding carboxylic acids is 1. The normalized spacial score (nSPS) is 16.6. The molecule has 0 aliphatic carbocycles. The molecule has 2 aromatic carbocycles. The van der Waals surface area contributed by atoms with E-state index in [1.54, 1.807) is 25.5 Å². The van der Waals surface area contributed by atoms with Crippen LogP contribution >= 0.6 is 0 Å². The first-order chi connectivity index (χ1) is 16.6. The zero-order valence-electron chi connectivity index (χ0n) is 19.7. The van der Waals surface area contributed by atoms with Gasteiger partial charge >= 0.3 is 0 Å². The summed E-state index contributed by atoms with van der Waals surface area (Å²) in [5, 5.41) is 12.9. The van der Waals surface area contributed by atoms with Crippen molar-refractivity contribution in [2.45, 2.75) is 31.7 Å². The van der Waals surface area contributed by atoms with E-state index < -0.39 is 0 Å². The molecule has 7 nitrogen and oxygen atoms in total. The van der Waals surface area contributed by atoms with Crippen molar-refractivity contribution < 1.29 is 19.4 Å². The van der Waals surface area contributed by atoms with Gasteiger partial charge < -0.3 is 29.7 Å². The number of rotatable bonds is 9. The Morgan fingerprint density at radius 1 is 1.15 bits per heavy atom. The molecule has 2 aliphatic rings. The summed E-state index contributed by atoms with van der Waals surface area (Å²) < 4.78 is 10.8. The zero-order chi connectivity index (χ0) is 23.8. The minimum absolute atomic E-state index is 0.0806. The van der Waals surface area contributed by atoms with Crippen LogP contribution in [0.4, 0.5) is 0 Å². The third-order valence-electron chi connectivity index (χ3n) is 6.23. The molecule has 2 heterocycles. The number of aromatic hydroxyl groups is 1. The highest BCUT2D eigenvalue weighted by Gasteiger charge is 2.20. The highest BCUT2D eigenvalue weighted by molar-refractivity contribution is 5.78. The fourth-order valence-corrected chi connectivity index (χ4v) is 4.33. The molecule has 0 aromatic heterocycles. The van der Waals surface area contributed by atoms with Gasteiger partial charge in [-0.25, -0.2) is 0 Å². The Morgan fingerprint density at radius 3 is 2.68 bits per heavy atom. The Labute approximate surface area is 201 Å². The highest BCUT2D eigenvalue weighted by Crippen LogP contribution is 2.24. The van der Waals surface area contributed by atoms with E-state index in [-0.39, 0.29) is 17.7 Å². The number of nitrogens with zero attached hydrogens (tertiary/aromatic N) is 2. The van der Waals surface area contributed by atoms with Crippen molar-refractivity contribution >= 4 is 11.7 Å². The summed E-state index contributed by atoms with van der Waals surface area (Å²) >= 11 is 0. The molecule has 180 valence electrons. The maximum Gasteiger partial charge on any atom is 0.224 e. The predicted molar refractivity (Wildman–Crippen MR) is 132 cm³/mol. The fraction of sp³-hybridized carbons (Fsp3) is 0.370. The number of methoxy groups -OCH3 is 1. The minimum Gasteiger partial charge on any atom is -0.508 e. The summed E-state index contributed by atoms with van der Waals surface area (Å²) in [5.41, 5.74) is 1.85. The lowest BCUT2D eigenvalue weighted by atomic mass is 10.0. The first-order valence-corrected chi connectivity index (χ1v) is 11.8. The molecule has 1 amide bonds. The SMILES string of the molecule is COc1ccc(CC(=O)NC2CCN(CCCN3C=COC(c4cccc(O)c4)=C3)CC2)cc1. The second-order valence-electron chi connectivity index (χ2n) is 8.75. The number of ether oxygens (including phenoxy) is 2. The first-order valence-electron chi connectivity index (χ1n) is 11.8. The molecule has 1 saturated heterocycles. The van der Waals surface area contributed by atoms with Crippen molar-refractivity contribution in [1.82, 2.24) is 15.1 Å². The number of carbonyl (C=O) groups is 1. The zero-order valence-corrected chi connectivity index (χ0v) is 19.7. The van der Waals surface area contributed by atoms with Crippen LogP contribution in [0.25, 0.3) is 5.76 Å². The third-order valence-corrected chi connectivity index (χ3v) is 6.23. The van der Waals surface area contributed by atoms with E-state index in [0.717, 1.165) is 68.1 Å². The predicted octanol–water partition coefficient (Wildman–Crippen LogP) is 3.72. The van der Waals surface area contributed by atoms with Gasteiger partial charge in [-0.3, -0.25) is 4.79 Å². The van der Waals surface area contributed by atoms with Crippen molar-refractivity contribution in [3.63, 3.8) is 0 Å². The molecular weight excluding hydrogens is 430 g/mol. The lowest BCUT2D eigenvalue weighted by Crippen LogP contribution is -2.45. The molecule has 0 bridgehead atoms. The average molecular weight is 464 g/mol. The number of likely N-dealkylation sites (tertiary alicyclic amines) is 1. The molecule has 0 radical (unpaired) electrons. The maximum absolute atomic E-state index is 12.4. The van der Waals surface area contributed by atoms with Crippen LogP contribution in [-0.4, -0.2) is 60.1 Å². The quantitative estimate of drug-likeness (QED) is 0.591. The van der Waals surface area contributed by atoms with Crippen LogP contribution in [0, 0.1) is 0 Å². The number of phenols is 1. The van der Waals surface area contributed by atoms with E-state index in [1.165, 1.54) is 0 Å². The molecule has 34 heavy (non-hydrogen) atoms. The minimum atomic E-state index is 0.0806. The third kappa shape index (κ3) is 6.78. The molecule has 0 unspecified atom stereocenters. The summed E-state index contributed by atoms with van der Waals surface area (Å²) in [6, 6.07) is 15.0. The van der Waals surface area contributed by atoms with E-state index in [9.17, 15) is 9.90 Å². The van der Waals surface area contributed by atoms with Gasteiger partial charge in [0.2, 0.25) is 5.91 Å². The van der Waals surface area contributed by atoms with Crippen LogP contribution in [0.15, 0.2) is 67.2 Å². The van der Waals surface area contributed by atoms with Gasteiger partial charge in [0.15, 0.2) is 0 Å². The van der Waals surface area contributed by atoms with Gasteiger partial charge in [0, 0.05) is 43.6 Å². The molecule has 2 aromatic rings. The number of hydrogen-bond donors (Lipinski definition) is 2. The summed E-state index contributed by atoms with van der Waals surface area (Å²) in [4.78, 5) is 17.0. The van der Waals surface area contributed by atoms with E-state index in [4.69, 9.17) is 9.47 Å². The second kappa shape index (κ2) is 11.6. The number of hydrogen-bond acceptors (Lipinski definition) is 6. The molecule has 0 saturated carbocycles. The van der Waals surface area contributed by atoms with Gasteiger partial charge in [-0.1, -0.05) is 24.3 Å². The van der Waals surface area contributed by atoms with Crippen molar-refractivity contribution in [2.75, 3.05) is 33.3 Å². The number of phenolic OH excluding ortho intramolecular Hbond substituents is 1. The van der Waals surface area contributed by atoms with Gasteiger partial charge in [0.25, 0.3) is 0 Å². The van der Waals surface area contributed by atoms with Crippen LogP contribution in [-0.2, 0) is 16.0 Å². The number of amides is 1. The van der Waals surface area contributed by atoms with Gasteiger partial charge in [0.05, 0.1) is 13.5 Å². The van der Waals surface area contributed by atoms with E-state index in [1.807, 2.05) is 48.8 Å². The Balaban J connectivity index is 1.15. The Hall–Kier alpha value is -3.45. The summed E-state index contributed by atoms with van der Waals surface area (Å²) in [7, 11) is 1.64. The smallest absolute Gasteiger partial charge is 0.224 e. The second-order valence-corrected chi connectivity index (χ2v) is 8.75. The van der Waals surface area contributed by atoms with Crippen LogP contribution in [0.2, 0.25) is 0 Å². The monoisotopic (exact) mass is 463 g/mol. The van der Waals surface area contributed by atoms with Gasteiger partial charge in [-0.05, 0) is 55.6 Å². The average Bonchev–Trinajstić information content (AvgIpc) is 2.86. The van der Waals surface area contributed by atoms with Crippen molar-refractivity contribution in [2.24, 2.45) is 0 Å². The molecular formula is C27H33N3O4. The largest absolute Gasteiger partial charge is 0.508 e. The first kappa shape index (κ1) is 23.7. The molecule has 2 aliphatic heterocycles. The molecule has 4 rings (SSSR count). The highest BCUT2D eigenvalue weighted by atomic mass is 16.5. The molecule has 2 N–H and O–H groups in total. The molecule has 0 atom stereocenters. The number of piperidine rings is 1. The number of nitrogens with one attached hydrogen (secondary N) is 1. The van der Waals surface area contributed by atoms with Crippen molar-refractivity contribution in [3.8, 4) is 11.5 Å². The van der Waals surface area contributed by atoms with Gasteiger partial charge in [0.1, 0.15) is 23.5 Å². The number of benzene rings is 2. The van der Waals surface area contributed by atoms with Gasteiger partial charge in [-0.2, -0.15) is 0 Å². The van der Waals surface area contributed by atoms with Gasteiger partial charge in [-0.15, -0.1) is 0 Å². The lowest BCUT2D eigenvalue weighted by molar-refractivity contribution is -0.121. The summed E-state index contributed by atoms with van der Waals surface area (Å²) in [5.74, 6) is 1.83. The Morgan fingerprint density at radius 2 is 1.94 bits per heavy atom. The van der Waals surface area contributed by atoms with E-state index in [0.29, 0.717) is 6.42 Å². The Bertz CT molecular complexity index is 1010. The van der Waals surface area contributed by atoms with E-state index >= 15 is 0 Å².